The third-order valence-corrected chi connectivity index (χ3v) is 6.26. The minimum atomic E-state index is -0.790. The zero-order valence-electron chi connectivity index (χ0n) is 18.9. The number of aromatic nitrogens is 4. The number of nitrogens with one attached hydrogen (secondary N) is 1. The quantitative estimate of drug-likeness (QED) is 0.413. The molecule has 0 aliphatic carbocycles. The summed E-state index contributed by atoms with van der Waals surface area (Å²) in [4.78, 5) is 4.52. The molecule has 0 radical (unpaired) electrons. The second kappa shape index (κ2) is 9.03. The van der Waals surface area contributed by atoms with Crippen LogP contribution < -0.4 is 14.8 Å². The average Bonchev–Trinajstić information content (AvgIpc) is 3.43. The lowest BCUT2D eigenvalue weighted by Gasteiger charge is -2.26. The minimum absolute atomic E-state index is 0.0756. The van der Waals surface area contributed by atoms with Crippen LogP contribution in [0.3, 0.4) is 0 Å². The van der Waals surface area contributed by atoms with Crippen molar-refractivity contribution < 1.29 is 23.4 Å². The van der Waals surface area contributed by atoms with E-state index in [9.17, 15) is 5.11 Å². The largest absolute Gasteiger partial charge is 0.494 e. The number of fused-ring (bicyclic) bond motifs is 1. The average molecular weight is 469 g/mol. The highest BCUT2D eigenvalue weighted by Crippen LogP contribution is 2.35. The molecule has 10 heteroatoms. The van der Waals surface area contributed by atoms with Crippen LogP contribution in [0.1, 0.15) is 11.1 Å². The third-order valence-electron chi connectivity index (χ3n) is 6.26. The molecule has 0 bridgehead atoms. The summed E-state index contributed by atoms with van der Waals surface area (Å²) in [5, 5.41) is 18.2. The molecule has 0 amide bonds. The first-order valence-corrected chi connectivity index (χ1v) is 10.9. The van der Waals surface area contributed by atoms with Crippen LogP contribution in [0.5, 0.6) is 11.5 Å². The first-order chi connectivity index (χ1) is 16.5. The number of aliphatic hydroxyl groups excluding tert-OH is 1. The maximum Gasteiger partial charge on any atom is 0.171 e. The van der Waals surface area contributed by atoms with Crippen molar-refractivity contribution in [1.82, 2.24) is 24.6 Å². The topological polar surface area (TPSA) is 86.4 Å². The second-order valence-electron chi connectivity index (χ2n) is 8.40. The molecular weight excluding hydrogens is 444 g/mol. The molecule has 3 aromatic heterocycles. The number of methoxy groups -OCH3 is 2. The van der Waals surface area contributed by atoms with Crippen LogP contribution in [0.15, 0.2) is 36.9 Å². The number of pyridine rings is 1. The fourth-order valence-corrected chi connectivity index (χ4v) is 4.28. The SMILES string of the molecule is COc1cc(OC)c(F)c(Cc2cn(CO)c3ncc(-c4cnn(CC5CNC5)c4)cc23)c1F. The minimum Gasteiger partial charge on any atom is -0.494 e. The molecular formula is C24H25F2N5O3. The van der Waals surface area contributed by atoms with E-state index < -0.39 is 11.6 Å². The monoisotopic (exact) mass is 469 g/mol. The van der Waals surface area contributed by atoms with Gasteiger partial charge in [0, 0.05) is 78.7 Å². The zero-order chi connectivity index (χ0) is 23.8. The van der Waals surface area contributed by atoms with Gasteiger partial charge in [0.1, 0.15) is 12.4 Å². The van der Waals surface area contributed by atoms with Gasteiger partial charge in [0.15, 0.2) is 23.1 Å². The molecule has 34 heavy (non-hydrogen) atoms. The van der Waals surface area contributed by atoms with Gasteiger partial charge in [-0.1, -0.05) is 0 Å². The summed E-state index contributed by atoms with van der Waals surface area (Å²) in [5.41, 5.74) is 2.67. The van der Waals surface area contributed by atoms with Crippen LogP contribution >= 0.6 is 0 Å². The Bertz CT molecular complexity index is 1320. The van der Waals surface area contributed by atoms with Crippen molar-refractivity contribution in [3.8, 4) is 22.6 Å². The Hall–Kier alpha value is -3.50. The summed E-state index contributed by atoms with van der Waals surface area (Å²) in [6, 6.07) is 3.09. The molecule has 0 unspecified atom stereocenters. The van der Waals surface area contributed by atoms with Gasteiger partial charge in [0.05, 0.1) is 20.4 Å². The van der Waals surface area contributed by atoms with Gasteiger partial charge in [-0.05, 0) is 11.6 Å². The fourth-order valence-electron chi connectivity index (χ4n) is 4.28. The van der Waals surface area contributed by atoms with Crippen LogP contribution in [0.2, 0.25) is 0 Å². The lowest BCUT2D eigenvalue weighted by atomic mass is 10.0. The lowest BCUT2D eigenvalue weighted by molar-refractivity contribution is 0.214. The molecule has 0 saturated carbocycles. The highest BCUT2D eigenvalue weighted by atomic mass is 19.1. The molecule has 1 aliphatic heterocycles. The number of benzene rings is 1. The maximum absolute atomic E-state index is 15.0. The number of rotatable bonds is 8. The van der Waals surface area contributed by atoms with Gasteiger partial charge in [-0.3, -0.25) is 4.68 Å². The molecule has 8 nitrogen and oxygen atoms in total. The summed E-state index contributed by atoms with van der Waals surface area (Å²) in [5.74, 6) is -1.22. The molecule has 1 saturated heterocycles. The molecule has 178 valence electrons. The smallest absolute Gasteiger partial charge is 0.171 e. The van der Waals surface area contributed by atoms with E-state index in [1.165, 1.54) is 24.9 Å². The van der Waals surface area contributed by atoms with Gasteiger partial charge in [-0.2, -0.15) is 5.10 Å². The molecule has 1 aromatic carbocycles. The van der Waals surface area contributed by atoms with Crippen molar-refractivity contribution in [3.63, 3.8) is 0 Å². The van der Waals surface area contributed by atoms with Crippen molar-refractivity contribution in [2.24, 2.45) is 5.92 Å². The predicted molar refractivity (Wildman–Crippen MR) is 122 cm³/mol. The summed E-state index contributed by atoms with van der Waals surface area (Å²) in [6.07, 6.45) is 7.04. The Morgan fingerprint density at radius 2 is 1.79 bits per heavy atom. The maximum atomic E-state index is 15.0. The summed E-state index contributed by atoms with van der Waals surface area (Å²) < 4.78 is 43.6. The van der Waals surface area contributed by atoms with Gasteiger partial charge in [-0.25, -0.2) is 13.8 Å². The molecule has 0 spiro atoms. The molecule has 4 aromatic rings. The van der Waals surface area contributed by atoms with E-state index in [1.807, 2.05) is 16.9 Å². The molecule has 0 atom stereocenters. The van der Waals surface area contributed by atoms with Crippen LogP contribution in [-0.4, -0.2) is 51.7 Å². The zero-order valence-corrected chi connectivity index (χ0v) is 18.9. The van der Waals surface area contributed by atoms with E-state index in [0.29, 0.717) is 22.5 Å². The van der Waals surface area contributed by atoms with Gasteiger partial charge >= 0.3 is 0 Å². The Balaban J connectivity index is 1.55. The molecule has 2 N–H and O–H groups in total. The van der Waals surface area contributed by atoms with Crippen LogP contribution in [0.4, 0.5) is 8.78 Å². The third kappa shape index (κ3) is 3.88. The Morgan fingerprint density at radius 1 is 1.06 bits per heavy atom. The van der Waals surface area contributed by atoms with Crippen LogP contribution in [0, 0.1) is 17.6 Å². The van der Waals surface area contributed by atoms with E-state index in [4.69, 9.17) is 9.47 Å². The molecule has 5 rings (SSSR count). The number of hydrogen-bond acceptors (Lipinski definition) is 6. The fraction of sp³-hybridized carbons (Fsp3) is 0.333. The van der Waals surface area contributed by atoms with Crippen molar-refractivity contribution in [2.45, 2.75) is 19.7 Å². The van der Waals surface area contributed by atoms with E-state index in [1.54, 1.807) is 18.6 Å². The highest BCUT2D eigenvalue weighted by Gasteiger charge is 2.23. The molecule has 4 heterocycles. The van der Waals surface area contributed by atoms with E-state index in [0.717, 1.165) is 30.8 Å². The highest BCUT2D eigenvalue weighted by molar-refractivity contribution is 5.85. The Labute approximate surface area is 194 Å². The van der Waals surface area contributed by atoms with Crippen LogP contribution in [0.25, 0.3) is 22.2 Å². The van der Waals surface area contributed by atoms with E-state index >= 15 is 8.78 Å². The Morgan fingerprint density at radius 3 is 2.41 bits per heavy atom. The van der Waals surface area contributed by atoms with E-state index in [2.05, 4.69) is 15.4 Å². The molecule has 1 aliphatic rings. The van der Waals surface area contributed by atoms with Crippen molar-refractivity contribution >= 4 is 11.0 Å². The number of ether oxygens (including phenoxy) is 2. The standard InChI is InChI=1S/C24H25F2N5O3/c1-33-20-5-21(34-2)23(26)19(22(20)25)4-16-11-30(13-32)24-18(16)3-15(8-28-24)17-9-29-31(12-17)10-14-6-27-7-14/h3,5,8-9,11-12,14,27,32H,4,6-7,10,13H2,1-2H3. The first kappa shape index (κ1) is 22.3. The molecule has 1 fully saturated rings. The van der Waals surface area contributed by atoms with Gasteiger partial charge < -0.3 is 24.5 Å². The summed E-state index contributed by atoms with van der Waals surface area (Å²) in [6.45, 7) is 2.50. The van der Waals surface area contributed by atoms with Gasteiger partial charge in [0.2, 0.25) is 0 Å². The van der Waals surface area contributed by atoms with E-state index in [-0.39, 0.29) is 30.2 Å². The Kier molecular flexibility index (Phi) is 5.93. The lowest BCUT2D eigenvalue weighted by Crippen LogP contribution is -2.44. The second-order valence-corrected chi connectivity index (χ2v) is 8.40. The van der Waals surface area contributed by atoms with Crippen molar-refractivity contribution in [2.75, 3.05) is 27.3 Å². The van der Waals surface area contributed by atoms with Gasteiger partial charge in [0.25, 0.3) is 0 Å². The summed E-state index contributed by atoms with van der Waals surface area (Å²) >= 11 is 0. The number of hydrogen-bond donors (Lipinski definition) is 2. The first-order valence-electron chi connectivity index (χ1n) is 10.9. The van der Waals surface area contributed by atoms with Crippen molar-refractivity contribution in [3.05, 3.63) is 59.7 Å². The van der Waals surface area contributed by atoms with Gasteiger partial charge in [-0.15, -0.1) is 0 Å². The normalized spacial score (nSPS) is 13.9. The van der Waals surface area contributed by atoms with Crippen molar-refractivity contribution in [1.29, 1.82) is 0 Å². The number of aliphatic hydroxyl groups is 1. The number of halogens is 2. The predicted octanol–water partition coefficient (Wildman–Crippen LogP) is 2.96. The summed E-state index contributed by atoms with van der Waals surface area (Å²) in [7, 11) is 2.63. The number of nitrogens with zero attached hydrogens (tertiary/aromatic N) is 4. The van der Waals surface area contributed by atoms with Crippen LogP contribution in [-0.2, 0) is 19.7 Å².